The molecule has 0 unspecified atom stereocenters. The molecule has 0 heterocycles. The van der Waals surface area contributed by atoms with E-state index in [0.717, 1.165) is 0 Å². The summed E-state index contributed by atoms with van der Waals surface area (Å²) in [7, 11) is -6.17. The summed E-state index contributed by atoms with van der Waals surface area (Å²) in [4.78, 5) is 0. The number of hydrogen-bond acceptors (Lipinski definition) is 3. The van der Waals surface area contributed by atoms with Gasteiger partial charge in [-0.3, -0.25) is 0 Å². The lowest BCUT2D eigenvalue weighted by Gasteiger charge is -2.14. The fourth-order valence-corrected chi connectivity index (χ4v) is 14.9. The van der Waals surface area contributed by atoms with Gasteiger partial charge in [0.05, 0.1) is 29.8 Å². The second kappa shape index (κ2) is 10.5. The quantitative estimate of drug-likeness (QED) is 0.321. The predicted octanol–water partition coefficient (Wildman–Crippen LogP) is -7.37. The van der Waals surface area contributed by atoms with Crippen LogP contribution in [0.3, 0.4) is 0 Å². The zero-order valence-corrected chi connectivity index (χ0v) is 17.8. The van der Waals surface area contributed by atoms with Crippen LogP contribution >= 0.6 is 7.92 Å². The van der Waals surface area contributed by atoms with Gasteiger partial charge in [0.1, 0.15) is 54.0 Å². The molecule has 0 aliphatic heterocycles. The smallest absolute Gasteiger partial charge is 0.138 e. The first kappa shape index (κ1) is 28.8. The van der Waals surface area contributed by atoms with Crippen LogP contribution in [-0.4, -0.2) is 54.0 Å². The van der Waals surface area contributed by atoms with Crippen molar-refractivity contribution in [1.29, 1.82) is 0 Å². The molecule has 0 aliphatic rings. The van der Waals surface area contributed by atoms with Crippen molar-refractivity contribution < 1.29 is 49.8 Å². The average molecular weight is 414 g/mol. The van der Waals surface area contributed by atoms with Crippen LogP contribution in [0.2, 0.25) is 0 Å². The molecule has 0 aromatic rings. The Balaban J connectivity index is -0.000000375. The molecule has 0 radical (unpaired) electrons. The first-order valence-corrected chi connectivity index (χ1v) is 14.3. The molecule has 0 spiro atoms. The molecule has 0 aromatic carbocycles. The summed E-state index contributed by atoms with van der Waals surface area (Å²) in [5, 5.41) is 0. The highest BCUT2D eigenvalue weighted by molar-refractivity contribution is 8.15. The molecule has 0 bridgehead atoms. The van der Waals surface area contributed by atoms with Crippen LogP contribution in [0.5, 0.6) is 0 Å². The van der Waals surface area contributed by atoms with Crippen LogP contribution in [0.25, 0.3) is 0 Å². The zero-order chi connectivity index (χ0) is 13.2. The van der Waals surface area contributed by atoms with Crippen molar-refractivity contribution in [2.75, 3.05) is 54.0 Å². The van der Waals surface area contributed by atoms with Crippen LogP contribution in [0.4, 0.5) is 0 Å². The van der Waals surface area contributed by atoms with Crippen molar-refractivity contribution in [1.82, 2.24) is 0 Å². The molecule has 10 heteroatoms. The lowest BCUT2D eigenvalue weighted by atomic mass is 11.8. The van der Waals surface area contributed by atoms with E-state index in [-0.39, 0.29) is 37.2 Å². The highest BCUT2D eigenvalue weighted by Gasteiger charge is 2.34. The van der Waals surface area contributed by atoms with Gasteiger partial charge in [0, 0.05) is 7.92 Å². The highest BCUT2D eigenvalue weighted by Crippen LogP contribution is 2.42. The Hall–Kier alpha value is 1.75. The van der Waals surface area contributed by atoms with E-state index in [4.69, 9.17) is 0 Å². The molecule has 0 atom stereocenters. The second-order valence-corrected chi connectivity index (χ2v) is 18.4. The summed E-state index contributed by atoms with van der Waals surface area (Å²) in [5.74, 6) is 0. The molecule has 3 nitrogen and oxygen atoms in total. The first-order chi connectivity index (χ1) is 6.79. The van der Waals surface area contributed by atoms with Gasteiger partial charge in [-0.05, 0) is 0 Å². The van der Waals surface area contributed by atoms with Gasteiger partial charge in [-0.15, -0.1) is 12.6 Å². The maximum atomic E-state index is 11.8. The minimum Gasteiger partial charge on any atom is -1.00 e. The largest absolute Gasteiger partial charge is 1.00 e. The van der Waals surface area contributed by atoms with Crippen molar-refractivity contribution in [3.8, 4) is 0 Å². The second-order valence-electron chi connectivity index (χ2n) is 5.37. The summed E-state index contributed by atoms with van der Waals surface area (Å²) < 4.78 is 35.4. The van der Waals surface area contributed by atoms with E-state index in [1.165, 1.54) is 0 Å². The van der Waals surface area contributed by atoms with Crippen molar-refractivity contribution >= 4 is 37.7 Å². The highest BCUT2D eigenvalue weighted by atomic mass is 35.5. The van der Waals surface area contributed by atoms with Crippen molar-refractivity contribution in [2.24, 2.45) is 0 Å². The lowest BCUT2D eigenvalue weighted by molar-refractivity contribution is -0.00100. The molecule has 0 amide bonds. The van der Waals surface area contributed by atoms with Gasteiger partial charge in [-0.1, -0.05) is 0 Å². The van der Waals surface area contributed by atoms with Crippen molar-refractivity contribution in [2.45, 2.75) is 0 Å². The molecule has 0 saturated carbocycles. The van der Waals surface area contributed by atoms with E-state index in [9.17, 15) is 12.6 Å². The van der Waals surface area contributed by atoms with E-state index < -0.39 is 37.7 Å². The van der Waals surface area contributed by atoms with E-state index in [1.807, 2.05) is 0 Å². The summed E-state index contributed by atoms with van der Waals surface area (Å²) >= 11 is 0. The van der Waals surface area contributed by atoms with Gasteiger partial charge >= 0.3 is 0 Å². The molecule has 0 fully saturated rings. The lowest BCUT2D eigenvalue weighted by Crippen LogP contribution is -3.00. The Morgan fingerprint density at radius 1 is 0.579 bits per heavy atom. The van der Waals surface area contributed by atoms with Crippen LogP contribution in [0, 0.1) is 0 Å². The molecule has 0 aromatic heterocycles. The Bertz CT molecular complexity index is 317. The molecule has 122 valence electrons. The van der Waals surface area contributed by atoms with Crippen LogP contribution < -0.4 is 37.2 Å². The standard InChI is InChI=1S/C9H24O3PS3.3ClH/c1-14(2,10)7-13(8-15(3,4)11)9-16(5,6)12;;;/h7-9H2,1-6H3;3*1H/q+3;;;/p-3. The Labute approximate surface area is 141 Å². The normalized spacial score (nSPS) is 12.2. The maximum absolute atomic E-state index is 11.8. The minimum atomic E-state index is -1.84. The number of rotatable bonds is 6. The fourth-order valence-electron chi connectivity index (χ4n) is 1.43. The Kier molecular flexibility index (Phi) is 15.9. The molecule has 0 N–H and O–H groups in total. The predicted molar refractivity (Wildman–Crippen MR) is 81.2 cm³/mol. The average Bonchev–Trinajstić information content (AvgIpc) is 1.70. The number of hydrogen-bond donors (Lipinski definition) is 0. The minimum absolute atomic E-state index is 0. The Morgan fingerprint density at radius 3 is 0.842 bits per heavy atom. The molecular weight excluding hydrogens is 390 g/mol. The van der Waals surface area contributed by atoms with E-state index in [2.05, 4.69) is 0 Å². The SMILES string of the molecule is C[S+](C)(=O)CP(C[S+](C)(C)=O)C[S+](C)(C)=O.[Cl-].[Cl-].[Cl-]. The maximum Gasteiger partial charge on any atom is 0.138 e. The Morgan fingerprint density at radius 2 is 0.737 bits per heavy atom. The van der Waals surface area contributed by atoms with E-state index >= 15 is 0 Å². The topological polar surface area (TPSA) is 51.2 Å². The third-order valence-corrected chi connectivity index (χ3v) is 13.3. The van der Waals surface area contributed by atoms with Crippen LogP contribution in [0.15, 0.2) is 0 Å². The fraction of sp³-hybridized carbons (Fsp3) is 1.00. The van der Waals surface area contributed by atoms with Gasteiger partial charge in [-0.25, -0.2) is 0 Å². The number of halogens is 3. The zero-order valence-electron chi connectivity index (χ0n) is 12.2. The van der Waals surface area contributed by atoms with Gasteiger partial charge < -0.3 is 37.2 Å². The molecule has 0 aliphatic carbocycles. The van der Waals surface area contributed by atoms with Gasteiger partial charge in [0.15, 0.2) is 0 Å². The summed E-state index contributed by atoms with van der Waals surface area (Å²) in [5.41, 5.74) is 1.75. The van der Waals surface area contributed by atoms with E-state index in [1.54, 1.807) is 37.5 Å². The van der Waals surface area contributed by atoms with Gasteiger partial charge in [0.25, 0.3) is 0 Å². The van der Waals surface area contributed by atoms with Gasteiger partial charge in [-0.2, -0.15) is 0 Å². The molecular formula is C9H24Cl3O3PS3. The van der Waals surface area contributed by atoms with E-state index in [0.29, 0.717) is 16.5 Å². The molecule has 0 saturated heterocycles. The summed E-state index contributed by atoms with van der Waals surface area (Å²) in [6, 6.07) is 0. The van der Waals surface area contributed by atoms with Crippen LogP contribution in [-0.2, 0) is 42.4 Å². The first-order valence-electron chi connectivity index (χ1n) is 4.76. The van der Waals surface area contributed by atoms with Crippen molar-refractivity contribution in [3.63, 3.8) is 0 Å². The third kappa shape index (κ3) is 22.2. The van der Waals surface area contributed by atoms with Crippen LogP contribution in [0.1, 0.15) is 0 Å². The summed E-state index contributed by atoms with van der Waals surface area (Å²) in [6.45, 7) is 0. The summed E-state index contributed by atoms with van der Waals surface area (Å²) in [6.07, 6.45) is 10.3. The monoisotopic (exact) mass is 412 g/mol. The van der Waals surface area contributed by atoms with Gasteiger partial charge in [0.2, 0.25) is 0 Å². The third-order valence-electron chi connectivity index (χ3n) is 1.48. The molecule has 19 heavy (non-hydrogen) atoms. The van der Waals surface area contributed by atoms with Crippen molar-refractivity contribution in [3.05, 3.63) is 0 Å². The molecule has 0 rings (SSSR count).